The zero-order valence-corrected chi connectivity index (χ0v) is 15.1. The molecule has 132 valence electrons. The molecule has 3 N–H and O–H groups in total. The molecule has 2 atom stereocenters. The molecule has 8 heteroatoms. The van der Waals surface area contributed by atoms with Crippen LogP contribution in [0.25, 0.3) is 0 Å². The van der Waals surface area contributed by atoms with Gasteiger partial charge in [0.1, 0.15) is 6.04 Å². The van der Waals surface area contributed by atoms with Crippen molar-refractivity contribution >= 4 is 41.1 Å². The van der Waals surface area contributed by atoms with Crippen molar-refractivity contribution in [3.63, 3.8) is 0 Å². The number of aliphatic carboxylic acids is 1. The van der Waals surface area contributed by atoms with Crippen LogP contribution in [0.1, 0.15) is 30.1 Å². The summed E-state index contributed by atoms with van der Waals surface area (Å²) in [5.74, 6) is -1.16. The van der Waals surface area contributed by atoms with E-state index in [1.165, 1.54) is 0 Å². The van der Waals surface area contributed by atoms with E-state index in [9.17, 15) is 14.4 Å². The van der Waals surface area contributed by atoms with E-state index in [-0.39, 0.29) is 6.42 Å². The summed E-state index contributed by atoms with van der Waals surface area (Å²) in [6.45, 7) is 1.60. The molecule has 0 fully saturated rings. The monoisotopic (exact) mass is 372 g/mol. The molecular formula is C16H21ClN2O4S. The number of carbonyl (C=O) groups is 3. The van der Waals surface area contributed by atoms with Crippen molar-refractivity contribution in [2.75, 3.05) is 12.0 Å². The Hall–Kier alpha value is -1.73. The van der Waals surface area contributed by atoms with Crippen LogP contribution in [0.3, 0.4) is 0 Å². The van der Waals surface area contributed by atoms with Gasteiger partial charge in [0.05, 0.1) is 17.0 Å². The highest BCUT2D eigenvalue weighted by Crippen LogP contribution is 2.15. The van der Waals surface area contributed by atoms with E-state index in [0.29, 0.717) is 22.8 Å². The molecule has 0 saturated heterocycles. The number of carbonyl (C=O) groups excluding carboxylic acids is 2. The number of hydrogen-bond acceptors (Lipinski definition) is 4. The van der Waals surface area contributed by atoms with Crippen molar-refractivity contribution in [3.05, 3.63) is 34.9 Å². The molecule has 0 spiro atoms. The highest BCUT2D eigenvalue weighted by molar-refractivity contribution is 7.98. The number of nitrogens with one attached hydrogen (secondary N) is 2. The molecule has 0 aliphatic heterocycles. The molecule has 0 radical (unpaired) electrons. The van der Waals surface area contributed by atoms with Crippen LogP contribution in [0.2, 0.25) is 5.02 Å². The highest BCUT2D eigenvalue weighted by Gasteiger charge is 2.23. The highest BCUT2D eigenvalue weighted by atomic mass is 35.5. The van der Waals surface area contributed by atoms with Crippen LogP contribution < -0.4 is 10.6 Å². The van der Waals surface area contributed by atoms with Crippen LogP contribution in [0.5, 0.6) is 0 Å². The maximum absolute atomic E-state index is 12.3. The fourth-order valence-electron chi connectivity index (χ4n) is 2.04. The van der Waals surface area contributed by atoms with Crippen LogP contribution in [-0.2, 0) is 9.59 Å². The number of carboxylic acids is 1. The maximum Gasteiger partial charge on any atom is 0.305 e. The summed E-state index contributed by atoms with van der Waals surface area (Å²) < 4.78 is 0. The van der Waals surface area contributed by atoms with Gasteiger partial charge in [-0.15, -0.1) is 0 Å². The van der Waals surface area contributed by atoms with Crippen LogP contribution in [0.15, 0.2) is 24.3 Å². The van der Waals surface area contributed by atoms with Crippen molar-refractivity contribution in [3.8, 4) is 0 Å². The Kier molecular flexibility index (Phi) is 8.63. The SMILES string of the molecule is CSCCC(NC(=O)c1ccccc1Cl)C(=O)NC(C)CC(=O)O. The van der Waals surface area contributed by atoms with E-state index in [1.807, 2.05) is 6.26 Å². The molecule has 1 rings (SSSR count). The van der Waals surface area contributed by atoms with E-state index in [0.717, 1.165) is 0 Å². The molecule has 6 nitrogen and oxygen atoms in total. The first-order chi connectivity index (χ1) is 11.3. The Morgan fingerprint density at radius 2 is 1.92 bits per heavy atom. The van der Waals surface area contributed by atoms with E-state index < -0.39 is 29.9 Å². The lowest BCUT2D eigenvalue weighted by molar-refractivity contribution is -0.137. The Bertz CT molecular complexity index is 597. The van der Waals surface area contributed by atoms with Gasteiger partial charge in [-0.25, -0.2) is 0 Å². The molecule has 1 aromatic rings. The van der Waals surface area contributed by atoms with Gasteiger partial charge < -0.3 is 15.7 Å². The predicted octanol–water partition coefficient (Wildman–Crippen LogP) is 2.17. The van der Waals surface area contributed by atoms with Crippen molar-refractivity contribution in [2.24, 2.45) is 0 Å². The average molecular weight is 373 g/mol. The largest absolute Gasteiger partial charge is 0.481 e. The predicted molar refractivity (Wildman–Crippen MR) is 95.6 cm³/mol. The zero-order valence-electron chi connectivity index (χ0n) is 13.5. The molecule has 24 heavy (non-hydrogen) atoms. The Balaban J connectivity index is 2.77. The third-order valence-electron chi connectivity index (χ3n) is 3.22. The minimum absolute atomic E-state index is 0.181. The smallest absolute Gasteiger partial charge is 0.305 e. The topological polar surface area (TPSA) is 95.5 Å². The van der Waals surface area contributed by atoms with Gasteiger partial charge >= 0.3 is 5.97 Å². The van der Waals surface area contributed by atoms with Crippen LogP contribution in [-0.4, -0.2) is 47.0 Å². The molecule has 0 aromatic heterocycles. The molecule has 2 unspecified atom stereocenters. The van der Waals surface area contributed by atoms with E-state index in [1.54, 1.807) is 43.0 Å². The second-order valence-electron chi connectivity index (χ2n) is 5.29. The summed E-state index contributed by atoms with van der Waals surface area (Å²) in [7, 11) is 0. The lowest BCUT2D eigenvalue weighted by atomic mass is 10.1. The fourth-order valence-corrected chi connectivity index (χ4v) is 2.74. The van der Waals surface area contributed by atoms with Crippen LogP contribution in [0.4, 0.5) is 0 Å². The lowest BCUT2D eigenvalue weighted by Crippen LogP contribution is -2.49. The second-order valence-corrected chi connectivity index (χ2v) is 6.69. The maximum atomic E-state index is 12.3. The molecule has 0 bridgehead atoms. The Morgan fingerprint density at radius 3 is 2.50 bits per heavy atom. The molecule has 0 aliphatic carbocycles. The summed E-state index contributed by atoms with van der Waals surface area (Å²) in [6, 6.07) is 5.30. The number of amides is 2. The third kappa shape index (κ3) is 6.80. The van der Waals surface area contributed by atoms with Gasteiger partial charge in [-0.2, -0.15) is 11.8 Å². The van der Waals surface area contributed by atoms with Crippen molar-refractivity contribution < 1.29 is 19.5 Å². The summed E-state index contributed by atoms with van der Waals surface area (Å²) in [5, 5.41) is 14.4. The van der Waals surface area contributed by atoms with Crippen LogP contribution >= 0.6 is 23.4 Å². The first-order valence-electron chi connectivity index (χ1n) is 7.41. The fraction of sp³-hybridized carbons (Fsp3) is 0.438. The van der Waals surface area contributed by atoms with Gasteiger partial charge in [0.25, 0.3) is 5.91 Å². The molecule has 1 aromatic carbocycles. The van der Waals surface area contributed by atoms with Gasteiger partial charge in [-0.3, -0.25) is 14.4 Å². The average Bonchev–Trinajstić information content (AvgIpc) is 2.50. The van der Waals surface area contributed by atoms with Crippen molar-refractivity contribution in [1.29, 1.82) is 0 Å². The van der Waals surface area contributed by atoms with E-state index in [4.69, 9.17) is 16.7 Å². The Labute approximate surface area is 150 Å². The number of hydrogen-bond donors (Lipinski definition) is 3. The first-order valence-corrected chi connectivity index (χ1v) is 9.18. The summed E-state index contributed by atoms with van der Waals surface area (Å²) >= 11 is 7.55. The summed E-state index contributed by atoms with van der Waals surface area (Å²) in [6.07, 6.45) is 2.15. The number of carboxylic acid groups (broad SMARTS) is 1. The quantitative estimate of drug-likeness (QED) is 0.617. The molecule has 0 heterocycles. The third-order valence-corrected chi connectivity index (χ3v) is 4.19. The van der Waals surface area contributed by atoms with Gasteiger partial charge in [0, 0.05) is 6.04 Å². The number of rotatable bonds is 9. The second kappa shape index (κ2) is 10.2. The standard InChI is InChI=1S/C16H21ClN2O4S/c1-10(9-14(20)21)18-16(23)13(7-8-24-2)19-15(22)11-5-3-4-6-12(11)17/h3-6,10,13H,7-9H2,1-2H3,(H,18,23)(H,19,22)(H,20,21). The summed E-state index contributed by atoms with van der Waals surface area (Å²) in [5.41, 5.74) is 0.291. The minimum atomic E-state index is -0.997. The van der Waals surface area contributed by atoms with Gasteiger partial charge in [0.15, 0.2) is 0 Å². The normalized spacial score (nSPS) is 13.0. The molecular weight excluding hydrogens is 352 g/mol. The van der Waals surface area contributed by atoms with Crippen molar-refractivity contribution in [1.82, 2.24) is 10.6 Å². The zero-order chi connectivity index (χ0) is 18.1. The van der Waals surface area contributed by atoms with Gasteiger partial charge in [-0.1, -0.05) is 23.7 Å². The number of benzene rings is 1. The van der Waals surface area contributed by atoms with E-state index >= 15 is 0 Å². The van der Waals surface area contributed by atoms with Gasteiger partial charge in [-0.05, 0) is 37.5 Å². The van der Waals surface area contributed by atoms with Crippen molar-refractivity contribution in [2.45, 2.75) is 31.8 Å². The minimum Gasteiger partial charge on any atom is -0.481 e. The number of thioether (sulfide) groups is 1. The van der Waals surface area contributed by atoms with E-state index in [2.05, 4.69) is 10.6 Å². The summed E-state index contributed by atoms with van der Waals surface area (Å²) in [4.78, 5) is 35.4. The van der Waals surface area contributed by atoms with Gasteiger partial charge in [0.2, 0.25) is 5.91 Å². The molecule has 0 saturated carbocycles. The molecule has 0 aliphatic rings. The number of halogens is 1. The lowest BCUT2D eigenvalue weighted by Gasteiger charge is -2.21. The Morgan fingerprint density at radius 1 is 1.25 bits per heavy atom. The molecule has 2 amide bonds. The first kappa shape index (κ1) is 20.3. The van der Waals surface area contributed by atoms with Crippen LogP contribution in [0, 0.1) is 0 Å².